The Morgan fingerprint density at radius 1 is 1.33 bits per heavy atom. The van der Waals surface area contributed by atoms with Crippen molar-refractivity contribution in [3.05, 3.63) is 26.9 Å². The van der Waals surface area contributed by atoms with Gasteiger partial charge in [0.25, 0.3) is 5.56 Å². The maximum absolute atomic E-state index is 11.2. The van der Waals surface area contributed by atoms with Gasteiger partial charge in [-0.2, -0.15) is 0 Å². The molecule has 2 rings (SSSR count). The van der Waals surface area contributed by atoms with Crippen LogP contribution < -0.4 is 5.56 Å². The number of hydrogen-bond acceptors (Lipinski definition) is 2. The van der Waals surface area contributed by atoms with Crippen LogP contribution in [0.4, 0.5) is 0 Å². The fraction of sp³-hybridized carbons (Fsp3) is 0.143. The van der Waals surface area contributed by atoms with E-state index in [0.717, 1.165) is 11.1 Å². The van der Waals surface area contributed by atoms with Crippen molar-refractivity contribution in [1.82, 2.24) is 15.0 Å². The first-order chi connectivity index (χ1) is 5.68. The third-order valence-corrected chi connectivity index (χ3v) is 1.97. The standard InChI is InChI=1S/C7H7N3OS/c1-3-2-8-5-4(3)9-7(12)10-6(5)11/h2,8H,1H3,(H2,9,10,11,12). The van der Waals surface area contributed by atoms with Crippen LogP contribution in [0.15, 0.2) is 11.0 Å². The lowest BCUT2D eigenvalue weighted by atomic mass is 10.3. The zero-order valence-corrected chi connectivity index (χ0v) is 7.21. The summed E-state index contributed by atoms with van der Waals surface area (Å²) in [5, 5.41) is 0. The maximum atomic E-state index is 11.2. The molecule has 0 saturated carbocycles. The van der Waals surface area contributed by atoms with Crippen molar-refractivity contribution < 1.29 is 0 Å². The molecule has 4 nitrogen and oxygen atoms in total. The Morgan fingerprint density at radius 2 is 2.08 bits per heavy atom. The molecule has 0 fully saturated rings. The highest BCUT2D eigenvalue weighted by Crippen LogP contribution is 2.08. The molecule has 12 heavy (non-hydrogen) atoms. The number of H-pyrrole nitrogens is 3. The summed E-state index contributed by atoms with van der Waals surface area (Å²) in [6.45, 7) is 1.91. The molecule has 0 aliphatic heterocycles. The van der Waals surface area contributed by atoms with Gasteiger partial charge in [0.2, 0.25) is 0 Å². The number of hydrogen-bond donors (Lipinski definition) is 3. The minimum Gasteiger partial charge on any atom is -0.355 e. The van der Waals surface area contributed by atoms with Crippen molar-refractivity contribution in [2.24, 2.45) is 0 Å². The lowest BCUT2D eigenvalue weighted by Crippen LogP contribution is -2.07. The number of rotatable bonds is 0. The molecule has 0 atom stereocenters. The van der Waals surface area contributed by atoms with Crippen LogP contribution in [0, 0.1) is 11.7 Å². The van der Waals surface area contributed by atoms with Gasteiger partial charge >= 0.3 is 0 Å². The van der Waals surface area contributed by atoms with Crippen LogP contribution in [0.5, 0.6) is 0 Å². The van der Waals surface area contributed by atoms with Gasteiger partial charge in [0, 0.05) is 6.20 Å². The van der Waals surface area contributed by atoms with Crippen LogP contribution in [-0.2, 0) is 0 Å². The predicted molar refractivity (Wildman–Crippen MR) is 48.8 cm³/mol. The predicted octanol–water partition coefficient (Wildman–Crippen LogP) is 1.22. The quantitative estimate of drug-likeness (QED) is 0.535. The Labute approximate surface area is 72.6 Å². The van der Waals surface area contributed by atoms with Gasteiger partial charge < -0.3 is 9.97 Å². The molecule has 62 valence electrons. The lowest BCUT2D eigenvalue weighted by molar-refractivity contribution is 1.13. The van der Waals surface area contributed by atoms with Gasteiger partial charge in [-0.05, 0) is 24.7 Å². The van der Waals surface area contributed by atoms with E-state index in [1.54, 1.807) is 6.20 Å². The second-order valence-electron chi connectivity index (χ2n) is 2.63. The number of aryl methyl sites for hydroxylation is 1. The van der Waals surface area contributed by atoms with E-state index >= 15 is 0 Å². The van der Waals surface area contributed by atoms with Crippen molar-refractivity contribution in [1.29, 1.82) is 0 Å². The highest BCUT2D eigenvalue weighted by Gasteiger charge is 2.02. The Hall–Kier alpha value is -1.36. The zero-order valence-electron chi connectivity index (χ0n) is 6.39. The maximum Gasteiger partial charge on any atom is 0.276 e. The molecule has 0 aliphatic rings. The highest BCUT2D eigenvalue weighted by molar-refractivity contribution is 7.71. The molecular weight excluding hydrogens is 174 g/mol. The average Bonchev–Trinajstić information content (AvgIpc) is 2.33. The van der Waals surface area contributed by atoms with Gasteiger partial charge in [-0.15, -0.1) is 0 Å². The van der Waals surface area contributed by atoms with Crippen molar-refractivity contribution >= 4 is 23.3 Å². The summed E-state index contributed by atoms with van der Waals surface area (Å²) in [5.74, 6) is 0. The summed E-state index contributed by atoms with van der Waals surface area (Å²) < 4.78 is 0.357. The van der Waals surface area contributed by atoms with Crippen molar-refractivity contribution in [2.75, 3.05) is 0 Å². The molecule has 3 N–H and O–H groups in total. The fourth-order valence-corrected chi connectivity index (χ4v) is 1.37. The Bertz CT molecular complexity index is 533. The van der Waals surface area contributed by atoms with E-state index in [-0.39, 0.29) is 5.56 Å². The highest BCUT2D eigenvalue weighted by atomic mass is 32.1. The SMILES string of the molecule is Cc1c[nH]c2c(=O)[nH]c(=S)[nH]c12. The lowest BCUT2D eigenvalue weighted by Gasteiger charge is -1.90. The minimum atomic E-state index is -0.179. The zero-order chi connectivity index (χ0) is 8.72. The fourth-order valence-electron chi connectivity index (χ4n) is 1.17. The van der Waals surface area contributed by atoms with E-state index < -0.39 is 0 Å². The molecular formula is C7H7N3OS. The Balaban J connectivity index is 3.13. The van der Waals surface area contributed by atoms with E-state index in [1.165, 1.54) is 0 Å². The molecule has 2 heterocycles. The molecule has 0 saturated heterocycles. The number of nitrogens with one attached hydrogen (secondary N) is 3. The van der Waals surface area contributed by atoms with Crippen molar-refractivity contribution in [2.45, 2.75) is 6.92 Å². The third-order valence-electron chi connectivity index (χ3n) is 1.77. The molecule has 0 aromatic carbocycles. The van der Waals surface area contributed by atoms with E-state index in [1.807, 2.05) is 6.92 Å². The van der Waals surface area contributed by atoms with E-state index in [0.29, 0.717) is 10.3 Å². The summed E-state index contributed by atoms with van der Waals surface area (Å²) in [6, 6.07) is 0. The Kier molecular flexibility index (Phi) is 1.41. The molecule has 0 radical (unpaired) electrons. The second kappa shape index (κ2) is 2.31. The normalized spacial score (nSPS) is 10.8. The van der Waals surface area contributed by atoms with Crippen LogP contribution >= 0.6 is 12.2 Å². The monoisotopic (exact) mass is 181 g/mol. The Morgan fingerprint density at radius 3 is 2.83 bits per heavy atom. The molecule has 0 amide bonds. The molecule has 0 aliphatic carbocycles. The molecule has 2 aromatic rings. The first-order valence-electron chi connectivity index (χ1n) is 3.49. The van der Waals surface area contributed by atoms with Crippen LogP contribution in [0.1, 0.15) is 5.56 Å². The summed E-state index contributed by atoms with van der Waals surface area (Å²) in [6.07, 6.45) is 1.77. The van der Waals surface area contributed by atoms with E-state index in [9.17, 15) is 4.79 Å². The number of aromatic nitrogens is 3. The van der Waals surface area contributed by atoms with Crippen LogP contribution in [-0.4, -0.2) is 15.0 Å². The van der Waals surface area contributed by atoms with Crippen LogP contribution in [0.3, 0.4) is 0 Å². The second-order valence-corrected chi connectivity index (χ2v) is 3.04. The summed E-state index contributed by atoms with van der Waals surface area (Å²) in [5.41, 5.74) is 2.13. The summed E-state index contributed by atoms with van der Waals surface area (Å²) >= 11 is 4.83. The molecule has 0 spiro atoms. The van der Waals surface area contributed by atoms with Gasteiger partial charge in [0.1, 0.15) is 5.52 Å². The van der Waals surface area contributed by atoms with Gasteiger partial charge in [-0.3, -0.25) is 9.78 Å². The minimum absolute atomic E-state index is 0.179. The van der Waals surface area contributed by atoms with Crippen LogP contribution in [0.25, 0.3) is 11.0 Å². The largest absolute Gasteiger partial charge is 0.355 e. The van der Waals surface area contributed by atoms with Gasteiger partial charge in [-0.1, -0.05) is 0 Å². The summed E-state index contributed by atoms with van der Waals surface area (Å²) in [7, 11) is 0. The molecule has 0 unspecified atom stereocenters. The van der Waals surface area contributed by atoms with Gasteiger partial charge in [0.15, 0.2) is 4.77 Å². The van der Waals surface area contributed by atoms with Gasteiger partial charge in [-0.25, -0.2) is 0 Å². The molecule has 5 heteroatoms. The van der Waals surface area contributed by atoms with Crippen molar-refractivity contribution in [3.8, 4) is 0 Å². The average molecular weight is 181 g/mol. The summed E-state index contributed by atoms with van der Waals surface area (Å²) in [4.78, 5) is 19.5. The number of aromatic amines is 3. The smallest absolute Gasteiger partial charge is 0.276 e. The third kappa shape index (κ3) is 0.902. The molecule has 2 aromatic heterocycles. The first-order valence-corrected chi connectivity index (χ1v) is 3.89. The first kappa shape index (κ1) is 7.30. The topological polar surface area (TPSA) is 64.4 Å². The van der Waals surface area contributed by atoms with Crippen LogP contribution in [0.2, 0.25) is 0 Å². The number of fused-ring (bicyclic) bond motifs is 1. The van der Waals surface area contributed by atoms with Crippen molar-refractivity contribution in [3.63, 3.8) is 0 Å². The van der Waals surface area contributed by atoms with E-state index in [4.69, 9.17) is 12.2 Å². The molecule has 0 bridgehead atoms. The van der Waals surface area contributed by atoms with Gasteiger partial charge in [0.05, 0.1) is 5.52 Å². The van der Waals surface area contributed by atoms with E-state index in [2.05, 4.69) is 15.0 Å².